The minimum Gasteiger partial charge on any atom is -0.393 e. The van der Waals surface area contributed by atoms with E-state index in [1.807, 2.05) is 11.9 Å². The van der Waals surface area contributed by atoms with Crippen LogP contribution < -0.4 is 0 Å². The Kier molecular flexibility index (Phi) is 7.32. The molecule has 0 fully saturated rings. The van der Waals surface area contributed by atoms with Crippen molar-refractivity contribution >= 4 is 34.0 Å². The van der Waals surface area contributed by atoms with E-state index < -0.39 is 10.8 Å². The van der Waals surface area contributed by atoms with Crippen LogP contribution in [-0.2, 0) is 10.8 Å². The van der Waals surface area contributed by atoms with Crippen LogP contribution >= 0.6 is 23.2 Å². The molecule has 0 saturated heterocycles. The molecular weight excluding hydrogens is 305 g/mol. The highest BCUT2D eigenvalue weighted by atomic mass is 35.5. The average Bonchev–Trinajstić information content (AvgIpc) is 2.36. The van der Waals surface area contributed by atoms with E-state index in [4.69, 9.17) is 23.2 Å². The number of benzene rings is 1. The summed E-state index contributed by atoms with van der Waals surface area (Å²) >= 11 is 11.9. The zero-order valence-corrected chi connectivity index (χ0v) is 13.4. The van der Waals surface area contributed by atoms with E-state index in [2.05, 4.69) is 0 Å². The third kappa shape index (κ3) is 6.23. The molecule has 0 aliphatic heterocycles. The molecule has 0 heterocycles. The fourth-order valence-electron chi connectivity index (χ4n) is 1.52. The molecule has 3 nitrogen and oxygen atoms in total. The van der Waals surface area contributed by atoms with Crippen LogP contribution in [0.3, 0.4) is 0 Å². The second-order valence-electron chi connectivity index (χ2n) is 4.57. The van der Waals surface area contributed by atoms with Gasteiger partial charge in [-0.3, -0.25) is 4.21 Å². The van der Waals surface area contributed by atoms with Gasteiger partial charge in [-0.1, -0.05) is 23.2 Å². The highest BCUT2D eigenvalue weighted by Gasteiger charge is 2.11. The third-order valence-corrected chi connectivity index (χ3v) is 4.78. The van der Waals surface area contributed by atoms with Crippen molar-refractivity contribution in [1.29, 1.82) is 0 Å². The van der Waals surface area contributed by atoms with Gasteiger partial charge in [0.25, 0.3) is 0 Å². The number of hydrogen-bond donors (Lipinski definition) is 1. The molecule has 6 heteroatoms. The number of aliphatic hydroxyl groups excluding tert-OH is 1. The summed E-state index contributed by atoms with van der Waals surface area (Å²) in [7, 11) is 0.783. The summed E-state index contributed by atoms with van der Waals surface area (Å²) in [6.07, 6.45) is 0.399. The highest BCUT2D eigenvalue weighted by Crippen LogP contribution is 2.23. The summed E-state index contributed by atoms with van der Waals surface area (Å²) in [5, 5.41) is 10.2. The van der Waals surface area contributed by atoms with Crippen molar-refractivity contribution < 1.29 is 9.32 Å². The van der Waals surface area contributed by atoms with Crippen molar-refractivity contribution in [2.75, 3.05) is 25.9 Å². The predicted molar refractivity (Wildman–Crippen MR) is 81.5 cm³/mol. The van der Waals surface area contributed by atoms with Crippen molar-refractivity contribution in [1.82, 2.24) is 4.90 Å². The van der Waals surface area contributed by atoms with Crippen LogP contribution in [0.2, 0.25) is 10.0 Å². The van der Waals surface area contributed by atoms with Crippen LogP contribution in [-0.4, -0.2) is 46.2 Å². The van der Waals surface area contributed by atoms with E-state index in [0.717, 1.165) is 6.54 Å². The molecule has 0 radical (unpaired) electrons. The van der Waals surface area contributed by atoms with Gasteiger partial charge < -0.3 is 10.0 Å². The van der Waals surface area contributed by atoms with Crippen molar-refractivity contribution in [2.45, 2.75) is 24.3 Å². The first-order valence-corrected chi connectivity index (χ1v) is 8.17. The second-order valence-corrected chi connectivity index (χ2v) is 6.95. The monoisotopic (exact) mass is 323 g/mol. The quantitative estimate of drug-likeness (QED) is 0.838. The Balaban J connectivity index is 2.49. The molecule has 19 heavy (non-hydrogen) atoms. The van der Waals surface area contributed by atoms with Gasteiger partial charge in [-0.2, -0.15) is 0 Å². The van der Waals surface area contributed by atoms with E-state index in [1.54, 1.807) is 25.1 Å². The van der Waals surface area contributed by atoms with E-state index in [1.165, 1.54) is 0 Å². The number of nitrogens with zero attached hydrogens (tertiary/aromatic N) is 1. The minimum absolute atomic E-state index is 0.310. The summed E-state index contributed by atoms with van der Waals surface area (Å²) in [4.78, 5) is 2.63. The zero-order valence-electron chi connectivity index (χ0n) is 11.1. The van der Waals surface area contributed by atoms with Gasteiger partial charge in [0, 0.05) is 23.9 Å². The average molecular weight is 324 g/mol. The van der Waals surface area contributed by atoms with Gasteiger partial charge in [0.2, 0.25) is 0 Å². The Morgan fingerprint density at radius 1 is 1.37 bits per heavy atom. The van der Waals surface area contributed by atoms with Crippen LogP contribution in [0.5, 0.6) is 0 Å². The van der Waals surface area contributed by atoms with Crippen molar-refractivity contribution in [3.63, 3.8) is 0 Å². The normalized spacial score (nSPS) is 14.6. The maximum Gasteiger partial charge on any atom is 0.0589 e. The molecule has 1 N–H and O–H groups in total. The van der Waals surface area contributed by atoms with Crippen molar-refractivity contribution in [3.8, 4) is 0 Å². The number of halogens is 2. The Bertz CT molecular complexity index is 441. The predicted octanol–water partition coefficient (Wildman–Crippen LogP) is 2.80. The molecule has 0 bridgehead atoms. The molecule has 0 aromatic heterocycles. The molecule has 108 valence electrons. The second kappa shape index (κ2) is 8.22. The Morgan fingerprint density at radius 2 is 2.05 bits per heavy atom. The summed E-state index contributed by atoms with van der Waals surface area (Å²) in [5.74, 6) is 0.496. The van der Waals surface area contributed by atoms with Crippen LogP contribution in [0, 0.1) is 0 Å². The lowest BCUT2D eigenvalue weighted by Gasteiger charge is -2.17. The molecule has 1 rings (SSSR count). The molecule has 0 aliphatic rings. The number of aliphatic hydroxyl groups is 1. The Labute approximate surface area is 127 Å². The van der Waals surface area contributed by atoms with E-state index >= 15 is 0 Å². The molecule has 0 aliphatic carbocycles. The minimum atomic E-state index is -1.16. The third-order valence-electron chi connectivity index (χ3n) is 2.73. The van der Waals surface area contributed by atoms with Crippen molar-refractivity contribution in [3.05, 3.63) is 28.2 Å². The van der Waals surface area contributed by atoms with Crippen LogP contribution in [0.25, 0.3) is 0 Å². The summed E-state index contributed by atoms with van der Waals surface area (Å²) in [6, 6.07) is 4.99. The van der Waals surface area contributed by atoms with E-state index in [9.17, 15) is 9.32 Å². The molecule has 0 saturated carbocycles. The van der Waals surface area contributed by atoms with Gasteiger partial charge >= 0.3 is 0 Å². The summed E-state index contributed by atoms with van der Waals surface area (Å²) in [6.45, 7) is 3.22. The molecule has 2 atom stereocenters. The van der Waals surface area contributed by atoms with Gasteiger partial charge in [-0.15, -0.1) is 0 Å². The van der Waals surface area contributed by atoms with E-state index in [-0.39, 0.29) is 6.10 Å². The molecule has 0 spiro atoms. The standard InChI is InChI=1S/C13H19Cl2NO2S/c1-10(17)5-6-16(2)7-8-19(18)13-9-11(14)3-4-12(13)15/h3-4,9-10,17H,5-8H2,1-2H3. The van der Waals surface area contributed by atoms with Gasteiger partial charge in [-0.25, -0.2) is 0 Å². The Morgan fingerprint density at radius 3 is 2.68 bits per heavy atom. The van der Waals surface area contributed by atoms with E-state index in [0.29, 0.717) is 33.7 Å². The Hall–Kier alpha value is -0.130. The lowest BCUT2D eigenvalue weighted by atomic mass is 10.3. The first-order valence-electron chi connectivity index (χ1n) is 6.10. The van der Waals surface area contributed by atoms with Gasteiger partial charge in [0.15, 0.2) is 0 Å². The maximum absolute atomic E-state index is 12.2. The number of hydrogen-bond acceptors (Lipinski definition) is 3. The molecule has 1 aromatic carbocycles. The lowest BCUT2D eigenvalue weighted by Crippen LogP contribution is -2.26. The molecule has 0 amide bonds. The van der Waals surface area contributed by atoms with Gasteiger partial charge in [0.1, 0.15) is 0 Å². The maximum atomic E-state index is 12.2. The fraction of sp³-hybridized carbons (Fsp3) is 0.538. The summed E-state index contributed by atoms with van der Waals surface area (Å²) in [5.41, 5.74) is 0. The summed E-state index contributed by atoms with van der Waals surface area (Å²) < 4.78 is 12.2. The topological polar surface area (TPSA) is 40.5 Å². The molecule has 2 unspecified atom stereocenters. The van der Waals surface area contributed by atoms with Gasteiger partial charge in [-0.05, 0) is 38.6 Å². The molecular formula is C13H19Cl2NO2S. The largest absolute Gasteiger partial charge is 0.393 e. The lowest BCUT2D eigenvalue weighted by molar-refractivity contribution is 0.166. The van der Waals surface area contributed by atoms with Gasteiger partial charge in [0.05, 0.1) is 26.8 Å². The van der Waals surface area contributed by atoms with Crippen LogP contribution in [0.1, 0.15) is 13.3 Å². The van der Waals surface area contributed by atoms with Crippen molar-refractivity contribution in [2.24, 2.45) is 0 Å². The highest BCUT2D eigenvalue weighted by molar-refractivity contribution is 7.85. The van der Waals surface area contributed by atoms with Crippen LogP contribution in [0.4, 0.5) is 0 Å². The zero-order chi connectivity index (χ0) is 14.4. The van der Waals surface area contributed by atoms with Crippen LogP contribution in [0.15, 0.2) is 23.1 Å². The molecule has 1 aromatic rings. The fourth-order valence-corrected chi connectivity index (χ4v) is 3.37. The number of rotatable bonds is 7. The smallest absolute Gasteiger partial charge is 0.0589 e. The first-order chi connectivity index (χ1) is 8.90. The SMILES string of the molecule is CC(O)CCN(C)CCS(=O)c1cc(Cl)ccc1Cl. The first kappa shape index (κ1) is 16.9.